The Labute approximate surface area is 137 Å². The van der Waals surface area contributed by atoms with Crippen LogP contribution in [0.15, 0.2) is 44.8 Å². The van der Waals surface area contributed by atoms with Gasteiger partial charge in [-0.15, -0.1) is 11.3 Å². The van der Waals surface area contributed by atoms with Crippen molar-refractivity contribution in [3.63, 3.8) is 0 Å². The molecule has 0 bridgehead atoms. The molecule has 0 aliphatic heterocycles. The Kier molecular flexibility index (Phi) is 4.09. The number of rotatable bonds is 5. The van der Waals surface area contributed by atoms with E-state index in [1.807, 2.05) is 19.0 Å². The van der Waals surface area contributed by atoms with Crippen LogP contribution in [0.2, 0.25) is 0 Å². The SMILES string of the molecule is CN(C)CCn1c(=O)n(S(=O)(=O)c2cccs2)c2cccnc21. The number of hydrogen-bond acceptors (Lipinski definition) is 6. The lowest BCUT2D eigenvalue weighted by Gasteiger charge is -2.09. The Morgan fingerprint density at radius 1 is 1.26 bits per heavy atom. The molecule has 3 heterocycles. The molecule has 0 amide bonds. The van der Waals surface area contributed by atoms with Gasteiger partial charge in [0.15, 0.2) is 5.65 Å². The van der Waals surface area contributed by atoms with Gasteiger partial charge in [-0.3, -0.25) is 4.57 Å². The Bertz CT molecular complexity index is 985. The summed E-state index contributed by atoms with van der Waals surface area (Å²) in [6, 6.07) is 6.36. The fraction of sp³-hybridized carbons (Fsp3) is 0.286. The van der Waals surface area contributed by atoms with Crippen molar-refractivity contribution >= 4 is 32.5 Å². The third kappa shape index (κ3) is 2.71. The van der Waals surface area contributed by atoms with Crippen molar-refractivity contribution in [2.75, 3.05) is 20.6 Å². The highest BCUT2D eigenvalue weighted by molar-refractivity contribution is 7.92. The number of likely N-dealkylation sites (N-methyl/N-ethyl adjacent to an activating group) is 1. The van der Waals surface area contributed by atoms with Gasteiger partial charge in [0.25, 0.3) is 10.0 Å². The van der Waals surface area contributed by atoms with E-state index in [2.05, 4.69) is 4.98 Å². The Hall–Kier alpha value is -1.97. The zero-order valence-corrected chi connectivity index (χ0v) is 14.3. The van der Waals surface area contributed by atoms with E-state index in [1.54, 1.807) is 29.8 Å². The molecule has 0 aromatic carbocycles. The van der Waals surface area contributed by atoms with Gasteiger partial charge >= 0.3 is 5.69 Å². The van der Waals surface area contributed by atoms with Crippen LogP contribution in [0.5, 0.6) is 0 Å². The maximum atomic E-state index is 12.8. The van der Waals surface area contributed by atoms with E-state index in [0.717, 1.165) is 15.3 Å². The Balaban J connectivity index is 2.26. The minimum absolute atomic E-state index is 0.134. The first-order valence-corrected chi connectivity index (χ1v) is 9.25. The van der Waals surface area contributed by atoms with Crippen LogP contribution in [-0.2, 0) is 16.6 Å². The molecule has 0 atom stereocenters. The van der Waals surface area contributed by atoms with Crippen molar-refractivity contribution in [1.82, 2.24) is 18.4 Å². The molecule has 3 aromatic heterocycles. The van der Waals surface area contributed by atoms with Gasteiger partial charge in [0.05, 0.1) is 0 Å². The summed E-state index contributed by atoms with van der Waals surface area (Å²) in [7, 11) is -0.145. The lowest BCUT2D eigenvalue weighted by molar-refractivity contribution is 0.383. The van der Waals surface area contributed by atoms with Crippen LogP contribution in [-0.4, -0.2) is 47.5 Å². The molecule has 0 unspecified atom stereocenters. The molecule has 0 fully saturated rings. The quantitative estimate of drug-likeness (QED) is 0.686. The molecular formula is C14H16N4O3S2. The van der Waals surface area contributed by atoms with Gasteiger partial charge in [0, 0.05) is 19.3 Å². The first-order valence-electron chi connectivity index (χ1n) is 6.93. The summed E-state index contributed by atoms with van der Waals surface area (Å²) in [6.45, 7) is 0.973. The van der Waals surface area contributed by atoms with Gasteiger partial charge in [-0.05, 0) is 37.7 Å². The highest BCUT2D eigenvalue weighted by Gasteiger charge is 2.26. The molecule has 0 saturated carbocycles. The molecule has 3 rings (SSSR count). The van der Waals surface area contributed by atoms with Crippen LogP contribution in [0.4, 0.5) is 0 Å². The van der Waals surface area contributed by atoms with Crippen LogP contribution >= 0.6 is 11.3 Å². The number of thiophene rings is 1. The molecule has 0 radical (unpaired) electrons. The van der Waals surface area contributed by atoms with Gasteiger partial charge in [-0.1, -0.05) is 6.07 Å². The second-order valence-corrected chi connectivity index (χ2v) is 8.25. The summed E-state index contributed by atoms with van der Waals surface area (Å²) in [4.78, 5) is 18.9. The second kappa shape index (κ2) is 5.91. The minimum Gasteiger partial charge on any atom is -0.308 e. The second-order valence-electron chi connectivity index (χ2n) is 5.29. The number of hydrogen-bond donors (Lipinski definition) is 0. The van der Waals surface area contributed by atoms with Gasteiger partial charge in [0.2, 0.25) is 0 Å². The first kappa shape index (κ1) is 15.9. The van der Waals surface area contributed by atoms with E-state index in [4.69, 9.17) is 0 Å². The third-order valence-corrected chi connectivity index (χ3v) is 6.47. The van der Waals surface area contributed by atoms with E-state index >= 15 is 0 Å². The lowest BCUT2D eigenvalue weighted by atomic mass is 10.4. The number of aromatic nitrogens is 3. The minimum atomic E-state index is -3.92. The van der Waals surface area contributed by atoms with E-state index in [0.29, 0.717) is 24.3 Å². The molecule has 3 aromatic rings. The average Bonchev–Trinajstić information content (AvgIpc) is 3.11. The molecular weight excluding hydrogens is 336 g/mol. The van der Waals surface area contributed by atoms with Gasteiger partial charge in [-0.2, -0.15) is 12.4 Å². The number of nitrogens with zero attached hydrogens (tertiary/aromatic N) is 4. The summed E-state index contributed by atoms with van der Waals surface area (Å²) >= 11 is 1.08. The topological polar surface area (TPSA) is 77.2 Å². The molecule has 122 valence electrons. The summed E-state index contributed by atoms with van der Waals surface area (Å²) in [5, 5.41) is 1.67. The Morgan fingerprint density at radius 2 is 2.04 bits per heavy atom. The Morgan fingerprint density at radius 3 is 2.70 bits per heavy atom. The molecule has 0 aliphatic carbocycles. The third-order valence-electron chi connectivity index (χ3n) is 3.41. The molecule has 0 saturated heterocycles. The van der Waals surface area contributed by atoms with Gasteiger partial charge in [0.1, 0.15) is 9.73 Å². The number of imidazole rings is 1. The van der Waals surface area contributed by atoms with E-state index < -0.39 is 15.7 Å². The van der Waals surface area contributed by atoms with Crippen LogP contribution < -0.4 is 5.69 Å². The molecule has 9 heteroatoms. The predicted molar refractivity (Wildman–Crippen MR) is 89.4 cm³/mol. The van der Waals surface area contributed by atoms with Crippen LogP contribution in [0, 0.1) is 0 Å². The van der Waals surface area contributed by atoms with Crippen molar-refractivity contribution in [3.05, 3.63) is 46.3 Å². The summed E-state index contributed by atoms with van der Waals surface area (Å²) in [5.41, 5.74) is 0.0816. The molecule has 23 heavy (non-hydrogen) atoms. The lowest BCUT2D eigenvalue weighted by Crippen LogP contribution is -2.31. The van der Waals surface area contributed by atoms with Gasteiger partial charge in [-0.25, -0.2) is 9.78 Å². The fourth-order valence-electron chi connectivity index (χ4n) is 2.29. The van der Waals surface area contributed by atoms with Gasteiger partial charge < -0.3 is 4.90 Å². The summed E-state index contributed by atoms with van der Waals surface area (Å²) in [5.74, 6) is 0. The first-order chi connectivity index (χ1) is 10.9. The number of fused-ring (bicyclic) bond motifs is 1. The monoisotopic (exact) mass is 352 g/mol. The van der Waals surface area contributed by atoms with Crippen molar-refractivity contribution in [3.8, 4) is 0 Å². The van der Waals surface area contributed by atoms with Crippen molar-refractivity contribution in [2.45, 2.75) is 10.8 Å². The standard InChI is InChI=1S/C14H16N4O3S2/c1-16(2)8-9-17-13-11(5-3-7-15-13)18(14(17)19)23(20,21)12-6-4-10-22-12/h3-7,10H,8-9H2,1-2H3. The van der Waals surface area contributed by atoms with Crippen molar-refractivity contribution < 1.29 is 8.42 Å². The molecule has 0 aliphatic rings. The predicted octanol–water partition coefficient (Wildman–Crippen LogP) is 1.06. The normalized spacial score (nSPS) is 12.3. The summed E-state index contributed by atoms with van der Waals surface area (Å²) < 4.78 is 28.0. The fourth-order valence-corrected chi connectivity index (χ4v) is 4.75. The number of pyridine rings is 1. The van der Waals surface area contributed by atoms with E-state index in [-0.39, 0.29) is 4.21 Å². The van der Waals surface area contributed by atoms with Crippen molar-refractivity contribution in [1.29, 1.82) is 0 Å². The average molecular weight is 352 g/mol. The molecule has 0 N–H and O–H groups in total. The zero-order valence-electron chi connectivity index (χ0n) is 12.7. The summed E-state index contributed by atoms with van der Waals surface area (Å²) in [6.07, 6.45) is 1.55. The van der Waals surface area contributed by atoms with E-state index in [9.17, 15) is 13.2 Å². The highest BCUT2D eigenvalue weighted by atomic mass is 32.2. The van der Waals surface area contributed by atoms with E-state index in [1.165, 1.54) is 10.6 Å². The van der Waals surface area contributed by atoms with Crippen LogP contribution in [0.25, 0.3) is 11.2 Å². The van der Waals surface area contributed by atoms with Crippen molar-refractivity contribution in [2.24, 2.45) is 0 Å². The highest BCUT2D eigenvalue weighted by Crippen LogP contribution is 2.21. The molecule has 7 nitrogen and oxygen atoms in total. The smallest absolute Gasteiger partial charge is 0.308 e. The van der Waals surface area contributed by atoms with Crippen LogP contribution in [0.1, 0.15) is 0 Å². The maximum Gasteiger partial charge on any atom is 0.344 e. The zero-order chi connectivity index (χ0) is 16.6. The van der Waals surface area contributed by atoms with Crippen LogP contribution in [0.3, 0.4) is 0 Å². The largest absolute Gasteiger partial charge is 0.344 e. The maximum absolute atomic E-state index is 12.8. The molecule has 0 spiro atoms.